The lowest BCUT2D eigenvalue weighted by Crippen LogP contribution is -2.33. The van der Waals surface area contributed by atoms with Gasteiger partial charge in [0.05, 0.1) is 6.04 Å². The molecule has 2 nitrogen and oxygen atoms in total. The molecule has 1 aliphatic heterocycles. The largest absolute Gasteiger partial charge is 0.271 e. The molecule has 104 valence electrons. The van der Waals surface area contributed by atoms with Gasteiger partial charge in [0.2, 0.25) is 0 Å². The lowest BCUT2D eigenvalue weighted by molar-refractivity contribution is 0.456. The topological polar surface area (TPSA) is 38.0 Å². The quantitative estimate of drug-likeness (QED) is 0.673. The highest BCUT2D eigenvalue weighted by atomic mass is 32.2. The van der Waals surface area contributed by atoms with Crippen molar-refractivity contribution >= 4 is 11.8 Å². The second-order valence-electron chi connectivity index (χ2n) is 4.77. The van der Waals surface area contributed by atoms with Crippen molar-refractivity contribution in [2.45, 2.75) is 16.9 Å². The zero-order valence-electron chi connectivity index (χ0n) is 10.6. The van der Waals surface area contributed by atoms with Gasteiger partial charge in [-0.25, -0.2) is 8.78 Å². The normalized spacial score (nSPS) is 18.9. The zero-order chi connectivity index (χ0) is 14.1. The van der Waals surface area contributed by atoms with Gasteiger partial charge in [-0.2, -0.15) is 0 Å². The van der Waals surface area contributed by atoms with Crippen molar-refractivity contribution in [1.29, 1.82) is 0 Å². The first kappa shape index (κ1) is 13.5. The molecule has 0 saturated heterocycles. The summed E-state index contributed by atoms with van der Waals surface area (Å²) in [5.74, 6) is 5.53. The molecular formula is C15H14F2N2S. The first-order chi connectivity index (χ1) is 9.70. The van der Waals surface area contributed by atoms with Crippen LogP contribution in [-0.4, -0.2) is 5.75 Å². The minimum Gasteiger partial charge on any atom is -0.271 e. The molecule has 0 aromatic heterocycles. The number of rotatable bonds is 3. The molecular weight excluding hydrogens is 278 g/mol. The first-order valence-electron chi connectivity index (χ1n) is 6.33. The molecule has 2 unspecified atom stereocenters. The van der Waals surface area contributed by atoms with Gasteiger partial charge in [-0.15, -0.1) is 11.8 Å². The van der Waals surface area contributed by atoms with Crippen LogP contribution in [0.4, 0.5) is 8.78 Å². The third-order valence-corrected chi connectivity index (χ3v) is 4.82. The summed E-state index contributed by atoms with van der Waals surface area (Å²) in [7, 11) is 0. The van der Waals surface area contributed by atoms with Crippen LogP contribution in [-0.2, 0) is 0 Å². The summed E-state index contributed by atoms with van der Waals surface area (Å²) < 4.78 is 27.4. The van der Waals surface area contributed by atoms with Crippen molar-refractivity contribution in [3.63, 3.8) is 0 Å². The highest BCUT2D eigenvalue weighted by Crippen LogP contribution is 2.45. The summed E-state index contributed by atoms with van der Waals surface area (Å²) in [5.41, 5.74) is 4.05. The Bertz CT molecular complexity index is 633. The minimum atomic E-state index is -0.458. The Kier molecular flexibility index (Phi) is 3.74. The predicted molar refractivity (Wildman–Crippen MR) is 76.3 cm³/mol. The number of hydrogen-bond acceptors (Lipinski definition) is 3. The summed E-state index contributed by atoms with van der Waals surface area (Å²) in [6, 6.07) is 11.0. The number of nitrogens with two attached hydrogens (primary N) is 1. The molecule has 0 aliphatic carbocycles. The molecule has 2 aromatic carbocycles. The molecule has 0 radical (unpaired) electrons. The molecule has 0 fully saturated rings. The van der Waals surface area contributed by atoms with Crippen LogP contribution in [0.15, 0.2) is 47.4 Å². The van der Waals surface area contributed by atoms with Crippen LogP contribution in [0.3, 0.4) is 0 Å². The van der Waals surface area contributed by atoms with Crippen molar-refractivity contribution in [3.8, 4) is 0 Å². The average molecular weight is 292 g/mol. The van der Waals surface area contributed by atoms with Crippen LogP contribution in [0.1, 0.15) is 23.1 Å². The minimum absolute atomic E-state index is 0.0255. The number of halogens is 2. The van der Waals surface area contributed by atoms with Gasteiger partial charge >= 0.3 is 0 Å². The van der Waals surface area contributed by atoms with Crippen molar-refractivity contribution in [3.05, 3.63) is 65.2 Å². The van der Waals surface area contributed by atoms with E-state index in [0.29, 0.717) is 0 Å². The number of nitrogens with one attached hydrogen (secondary N) is 1. The van der Waals surface area contributed by atoms with Crippen LogP contribution in [0, 0.1) is 11.6 Å². The van der Waals surface area contributed by atoms with E-state index in [4.69, 9.17) is 5.84 Å². The molecule has 20 heavy (non-hydrogen) atoms. The van der Waals surface area contributed by atoms with Crippen molar-refractivity contribution in [1.82, 2.24) is 5.43 Å². The maximum Gasteiger partial charge on any atom is 0.128 e. The van der Waals surface area contributed by atoms with E-state index in [9.17, 15) is 8.78 Å². The number of thioether (sulfide) groups is 1. The van der Waals surface area contributed by atoms with E-state index in [0.717, 1.165) is 23.4 Å². The average Bonchev–Trinajstić information content (AvgIpc) is 2.88. The predicted octanol–water partition coefficient (Wildman–Crippen LogP) is 3.36. The SMILES string of the molecule is NNC(c1cc(F)ccc1F)C1CSc2ccccc21. The Morgan fingerprint density at radius 3 is 2.80 bits per heavy atom. The first-order valence-corrected chi connectivity index (χ1v) is 7.32. The third-order valence-electron chi connectivity index (χ3n) is 3.61. The molecule has 0 bridgehead atoms. The number of hydrogen-bond donors (Lipinski definition) is 2. The molecule has 0 saturated carbocycles. The van der Waals surface area contributed by atoms with Crippen LogP contribution < -0.4 is 11.3 Å². The molecule has 0 spiro atoms. The Balaban J connectivity index is 2.01. The molecule has 1 heterocycles. The molecule has 3 N–H and O–H groups in total. The van der Waals surface area contributed by atoms with Crippen molar-refractivity contribution in [2.75, 3.05) is 5.75 Å². The Morgan fingerprint density at radius 1 is 1.20 bits per heavy atom. The maximum absolute atomic E-state index is 14.0. The van der Waals surface area contributed by atoms with Gasteiger partial charge in [-0.05, 0) is 29.8 Å². The van der Waals surface area contributed by atoms with E-state index < -0.39 is 17.7 Å². The molecule has 2 aromatic rings. The van der Waals surface area contributed by atoms with Crippen LogP contribution >= 0.6 is 11.8 Å². The molecule has 5 heteroatoms. The fourth-order valence-corrected chi connectivity index (χ4v) is 3.93. The van der Waals surface area contributed by atoms with Crippen molar-refractivity contribution < 1.29 is 8.78 Å². The highest BCUT2D eigenvalue weighted by molar-refractivity contribution is 7.99. The summed E-state index contributed by atoms with van der Waals surface area (Å²) in [4.78, 5) is 1.18. The van der Waals surface area contributed by atoms with E-state index in [2.05, 4.69) is 5.43 Å². The fraction of sp³-hybridized carbons (Fsp3) is 0.200. The summed E-state index contributed by atoms with van der Waals surface area (Å²) in [6.45, 7) is 0. The van der Waals surface area contributed by atoms with Gasteiger partial charge in [0.15, 0.2) is 0 Å². The van der Waals surface area contributed by atoms with Gasteiger partial charge in [-0.3, -0.25) is 11.3 Å². The molecule has 3 rings (SSSR count). The number of hydrazine groups is 1. The maximum atomic E-state index is 14.0. The van der Waals surface area contributed by atoms with Gasteiger partial charge in [0, 0.05) is 22.1 Å². The number of benzene rings is 2. The monoisotopic (exact) mass is 292 g/mol. The second kappa shape index (κ2) is 5.52. The van der Waals surface area contributed by atoms with Crippen LogP contribution in [0.25, 0.3) is 0 Å². The van der Waals surface area contributed by atoms with E-state index in [1.807, 2.05) is 24.3 Å². The zero-order valence-corrected chi connectivity index (χ0v) is 11.5. The molecule has 1 aliphatic rings. The van der Waals surface area contributed by atoms with Gasteiger partial charge in [0.25, 0.3) is 0 Å². The fourth-order valence-electron chi connectivity index (χ4n) is 2.64. The molecule has 2 atom stereocenters. The van der Waals surface area contributed by atoms with E-state index in [1.54, 1.807) is 11.8 Å². The smallest absolute Gasteiger partial charge is 0.128 e. The Morgan fingerprint density at radius 2 is 2.00 bits per heavy atom. The lowest BCUT2D eigenvalue weighted by atomic mass is 9.88. The second-order valence-corrected chi connectivity index (χ2v) is 5.83. The summed E-state index contributed by atoms with van der Waals surface area (Å²) in [6.07, 6.45) is 0. The van der Waals surface area contributed by atoms with E-state index in [-0.39, 0.29) is 11.5 Å². The van der Waals surface area contributed by atoms with Crippen LogP contribution in [0.5, 0.6) is 0 Å². The third kappa shape index (κ3) is 2.32. The highest BCUT2D eigenvalue weighted by Gasteiger charge is 2.32. The lowest BCUT2D eigenvalue weighted by Gasteiger charge is -2.24. The van der Waals surface area contributed by atoms with E-state index >= 15 is 0 Å². The van der Waals surface area contributed by atoms with Gasteiger partial charge < -0.3 is 0 Å². The van der Waals surface area contributed by atoms with Gasteiger partial charge in [-0.1, -0.05) is 18.2 Å². The number of fused-ring (bicyclic) bond motifs is 1. The molecule has 0 amide bonds. The summed E-state index contributed by atoms with van der Waals surface area (Å²) >= 11 is 1.71. The van der Waals surface area contributed by atoms with Gasteiger partial charge in [0.1, 0.15) is 11.6 Å². The van der Waals surface area contributed by atoms with Crippen LogP contribution in [0.2, 0.25) is 0 Å². The van der Waals surface area contributed by atoms with Crippen molar-refractivity contribution in [2.24, 2.45) is 5.84 Å². The summed E-state index contributed by atoms with van der Waals surface area (Å²) in [5, 5.41) is 0. The Hall–Kier alpha value is -1.43. The standard InChI is InChI=1S/C15H14F2N2S/c16-9-5-6-13(17)11(7-9)15(19-18)12-8-20-14-4-2-1-3-10(12)14/h1-7,12,15,19H,8,18H2. The Labute approximate surface area is 120 Å². The van der Waals surface area contributed by atoms with E-state index in [1.165, 1.54) is 11.0 Å².